The molecule has 1 unspecified atom stereocenters. The molecule has 1 atom stereocenters. The highest BCUT2D eigenvalue weighted by molar-refractivity contribution is 5.13. The van der Waals surface area contributed by atoms with Crippen molar-refractivity contribution >= 4 is 0 Å². The summed E-state index contributed by atoms with van der Waals surface area (Å²) >= 11 is 0. The molecule has 1 N–H and O–H groups in total. The molecule has 1 aromatic rings. The Labute approximate surface area is 99.5 Å². The van der Waals surface area contributed by atoms with Crippen LogP contribution in [0.15, 0.2) is 18.3 Å². The average molecular weight is 220 g/mol. The average Bonchev–Trinajstić information content (AvgIpc) is 2.26. The zero-order valence-electron chi connectivity index (χ0n) is 11.0. The Balaban J connectivity index is 2.46. The summed E-state index contributed by atoms with van der Waals surface area (Å²) in [5.74, 6) is 0.779. The van der Waals surface area contributed by atoms with Crippen LogP contribution in [0.25, 0.3) is 0 Å². The number of aryl methyl sites for hydroxylation is 1. The molecular weight excluding hydrogens is 196 g/mol. The first-order chi connectivity index (χ1) is 7.61. The van der Waals surface area contributed by atoms with Gasteiger partial charge in [-0.1, -0.05) is 19.9 Å². The smallest absolute Gasteiger partial charge is 0.0419 e. The van der Waals surface area contributed by atoms with Crippen molar-refractivity contribution < 1.29 is 0 Å². The van der Waals surface area contributed by atoms with E-state index in [2.05, 4.69) is 43.2 Å². The number of hydrogen-bond acceptors (Lipinski definition) is 2. The van der Waals surface area contributed by atoms with E-state index in [0.717, 1.165) is 12.3 Å². The van der Waals surface area contributed by atoms with E-state index < -0.39 is 0 Å². The van der Waals surface area contributed by atoms with E-state index in [-0.39, 0.29) is 0 Å². The summed E-state index contributed by atoms with van der Waals surface area (Å²) < 4.78 is 0. The lowest BCUT2D eigenvalue weighted by Gasteiger charge is -2.16. The van der Waals surface area contributed by atoms with E-state index in [1.54, 1.807) is 0 Å². The Bertz CT molecular complexity index is 290. The van der Waals surface area contributed by atoms with Crippen LogP contribution < -0.4 is 5.32 Å². The van der Waals surface area contributed by atoms with E-state index in [0.29, 0.717) is 6.04 Å². The van der Waals surface area contributed by atoms with Gasteiger partial charge in [0.2, 0.25) is 0 Å². The van der Waals surface area contributed by atoms with Crippen LogP contribution in [-0.4, -0.2) is 18.1 Å². The maximum absolute atomic E-state index is 4.45. The van der Waals surface area contributed by atoms with Crippen molar-refractivity contribution in [1.82, 2.24) is 10.3 Å². The van der Waals surface area contributed by atoms with Gasteiger partial charge in [-0.05, 0) is 44.4 Å². The minimum absolute atomic E-state index is 0.553. The first-order valence-corrected chi connectivity index (χ1v) is 6.20. The first kappa shape index (κ1) is 13.2. The molecule has 0 fully saturated rings. The summed E-state index contributed by atoms with van der Waals surface area (Å²) in [6, 6.07) is 4.82. The van der Waals surface area contributed by atoms with E-state index >= 15 is 0 Å². The van der Waals surface area contributed by atoms with E-state index in [4.69, 9.17) is 0 Å². The molecule has 2 nitrogen and oxygen atoms in total. The molecule has 0 bridgehead atoms. The zero-order valence-corrected chi connectivity index (χ0v) is 11.0. The molecule has 0 aromatic carbocycles. The van der Waals surface area contributed by atoms with Gasteiger partial charge in [-0.25, -0.2) is 0 Å². The second-order valence-electron chi connectivity index (χ2n) is 4.99. The van der Waals surface area contributed by atoms with Gasteiger partial charge < -0.3 is 5.32 Å². The van der Waals surface area contributed by atoms with Crippen LogP contribution in [-0.2, 0) is 6.42 Å². The molecule has 0 saturated carbocycles. The highest BCUT2D eigenvalue weighted by Crippen LogP contribution is 2.10. The van der Waals surface area contributed by atoms with E-state index in [9.17, 15) is 0 Å². The van der Waals surface area contributed by atoms with Gasteiger partial charge >= 0.3 is 0 Å². The fraction of sp³-hybridized carbons (Fsp3) is 0.643. The number of hydrogen-bond donors (Lipinski definition) is 1. The lowest BCUT2D eigenvalue weighted by Crippen LogP contribution is -2.28. The quantitative estimate of drug-likeness (QED) is 0.797. The molecule has 0 amide bonds. The van der Waals surface area contributed by atoms with Crippen molar-refractivity contribution in [3.05, 3.63) is 29.6 Å². The topological polar surface area (TPSA) is 24.9 Å². The minimum atomic E-state index is 0.553. The highest BCUT2D eigenvalue weighted by Gasteiger charge is 2.08. The predicted octanol–water partition coefficient (Wildman–Crippen LogP) is 2.96. The van der Waals surface area contributed by atoms with Gasteiger partial charge in [0.1, 0.15) is 0 Å². The SMILES string of the molecule is CNC(CCC(C)C)Cc1ccc(C)cn1. The van der Waals surface area contributed by atoms with Gasteiger partial charge in [-0.2, -0.15) is 0 Å². The maximum atomic E-state index is 4.45. The van der Waals surface area contributed by atoms with Crippen molar-refractivity contribution in [1.29, 1.82) is 0 Å². The Morgan fingerprint density at radius 2 is 2.00 bits per heavy atom. The molecular formula is C14H24N2. The third-order valence-corrected chi connectivity index (χ3v) is 2.93. The third kappa shape index (κ3) is 4.75. The minimum Gasteiger partial charge on any atom is -0.317 e. The fourth-order valence-electron chi connectivity index (χ4n) is 1.75. The standard InChI is InChI=1S/C14H24N2/c1-11(2)5-7-13(15-4)9-14-8-6-12(3)10-16-14/h6,8,10-11,13,15H,5,7,9H2,1-4H3. The number of nitrogens with one attached hydrogen (secondary N) is 1. The number of likely N-dealkylation sites (N-methyl/N-ethyl adjacent to an activating group) is 1. The van der Waals surface area contributed by atoms with Gasteiger partial charge in [0, 0.05) is 24.4 Å². The summed E-state index contributed by atoms with van der Waals surface area (Å²) in [6.07, 6.45) is 5.48. The molecule has 0 aliphatic carbocycles. The van der Waals surface area contributed by atoms with Gasteiger partial charge in [-0.3, -0.25) is 4.98 Å². The Hall–Kier alpha value is -0.890. The van der Waals surface area contributed by atoms with E-state index in [1.807, 2.05) is 13.2 Å². The van der Waals surface area contributed by atoms with Gasteiger partial charge in [-0.15, -0.1) is 0 Å². The van der Waals surface area contributed by atoms with Crippen LogP contribution in [0.5, 0.6) is 0 Å². The molecule has 1 aromatic heterocycles. The van der Waals surface area contributed by atoms with Crippen molar-refractivity contribution in [2.75, 3.05) is 7.05 Å². The summed E-state index contributed by atoms with van der Waals surface area (Å²) in [5.41, 5.74) is 2.42. The molecule has 0 aliphatic heterocycles. The lowest BCUT2D eigenvalue weighted by atomic mass is 10.00. The number of pyridine rings is 1. The molecule has 2 heteroatoms. The van der Waals surface area contributed by atoms with Gasteiger partial charge in [0.15, 0.2) is 0 Å². The van der Waals surface area contributed by atoms with Gasteiger partial charge in [0.05, 0.1) is 0 Å². The molecule has 90 valence electrons. The third-order valence-electron chi connectivity index (χ3n) is 2.93. The van der Waals surface area contributed by atoms with Crippen molar-refractivity contribution in [2.45, 2.75) is 46.1 Å². The largest absolute Gasteiger partial charge is 0.317 e. The van der Waals surface area contributed by atoms with Crippen LogP contribution in [0.2, 0.25) is 0 Å². The number of nitrogens with zero attached hydrogens (tertiary/aromatic N) is 1. The lowest BCUT2D eigenvalue weighted by molar-refractivity contribution is 0.448. The summed E-state index contributed by atoms with van der Waals surface area (Å²) in [7, 11) is 2.04. The summed E-state index contributed by atoms with van der Waals surface area (Å²) in [4.78, 5) is 4.45. The Kier molecular flexibility index (Phi) is 5.47. The van der Waals surface area contributed by atoms with Crippen molar-refractivity contribution in [3.8, 4) is 0 Å². The second-order valence-corrected chi connectivity index (χ2v) is 4.99. The fourth-order valence-corrected chi connectivity index (χ4v) is 1.75. The molecule has 1 rings (SSSR count). The first-order valence-electron chi connectivity index (χ1n) is 6.20. The van der Waals surface area contributed by atoms with Crippen LogP contribution in [0.1, 0.15) is 37.9 Å². The van der Waals surface area contributed by atoms with Gasteiger partial charge in [0.25, 0.3) is 0 Å². The molecule has 0 saturated heterocycles. The van der Waals surface area contributed by atoms with Crippen LogP contribution in [0, 0.1) is 12.8 Å². The Morgan fingerprint density at radius 1 is 1.25 bits per heavy atom. The summed E-state index contributed by atoms with van der Waals surface area (Å²) in [5, 5.41) is 3.38. The van der Waals surface area contributed by atoms with E-state index in [1.165, 1.54) is 24.1 Å². The summed E-state index contributed by atoms with van der Waals surface area (Å²) in [6.45, 7) is 6.62. The molecule has 0 aliphatic rings. The molecule has 0 radical (unpaired) electrons. The Morgan fingerprint density at radius 3 is 2.50 bits per heavy atom. The predicted molar refractivity (Wildman–Crippen MR) is 69.6 cm³/mol. The number of rotatable bonds is 6. The zero-order chi connectivity index (χ0) is 12.0. The van der Waals surface area contributed by atoms with Crippen molar-refractivity contribution in [2.24, 2.45) is 5.92 Å². The monoisotopic (exact) mass is 220 g/mol. The van der Waals surface area contributed by atoms with Crippen molar-refractivity contribution in [3.63, 3.8) is 0 Å². The molecule has 1 heterocycles. The second kappa shape index (κ2) is 6.64. The highest BCUT2D eigenvalue weighted by atomic mass is 14.9. The van der Waals surface area contributed by atoms with Crippen LogP contribution in [0.4, 0.5) is 0 Å². The maximum Gasteiger partial charge on any atom is 0.0419 e. The number of aromatic nitrogens is 1. The normalized spacial score (nSPS) is 13.1. The molecule has 0 spiro atoms. The molecule has 16 heavy (non-hydrogen) atoms. The van der Waals surface area contributed by atoms with Crippen LogP contribution in [0.3, 0.4) is 0 Å². The van der Waals surface area contributed by atoms with Crippen LogP contribution >= 0.6 is 0 Å².